The highest BCUT2D eigenvalue weighted by molar-refractivity contribution is 5.81. The topological polar surface area (TPSA) is 170 Å². The van der Waals surface area contributed by atoms with Gasteiger partial charge in [0.25, 0.3) is 5.69 Å². The minimum atomic E-state index is -0.959. The zero-order valence-corrected chi connectivity index (χ0v) is 12.8. The van der Waals surface area contributed by atoms with E-state index in [4.69, 9.17) is 5.39 Å². The summed E-state index contributed by atoms with van der Waals surface area (Å²) < 4.78 is 0. The summed E-state index contributed by atoms with van der Waals surface area (Å²) in [6.07, 6.45) is 0. The summed E-state index contributed by atoms with van der Waals surface area (Å²) in [5, 5.41) is 44.2. The van der Waals surface area contributed by atoms with Gasteiger partial charge in [0.05, 0.1) is 26.9 Å². The summed E-state index contributed by atoms with van der Waals surface area (Å²) in [4.78, 5) is 33.1. The van der Waals surface area contributed by atoms with Crippen LogP contribution in [0.2, 0.25) is 0 Å². The van der Waals surface area contributed by atoms with E-state index in [0.717, 1.165) is 0 Å². The van der Waals surface area contributed by atoms with Gasteiger partial charge in [-0.15, -0.1) is 0 Å². The fourth-order valence-electron chi connectivity index (χ4n) is 1.87. The van der Waals surface area contributed by atoms with E-state index in [1.807, 2.05) is 0 Å². The summed E-state index contributed by atoms with van der Waals surface area (Å²) in [6, 6.07) is 6.70. The molecular formula is C12H7ClN6O6. The van der Waals surface area contributed by atoms with Crippen LogP contribution in [0.1, 0.15) is 0 Å². The van der Waals surface area contributed by atoms with Gasteiger partial charge in [-0.2, -0.15) is 0 Å². The maximum atomic E-state index is 11.1. The number of rotatable bonds is 5. The molecule has 12 nitrogen and oxygen atoms in total. The van der Waals surface area contributed by atoms with Crippen LogP contribution in [0, 0.1) is 35.7 Å². The predicted molar refractivity (Wildman–Crippen MR) is 80.9 cm³/mol. The van der Waals surface area contributed by atoms with E-state index >= 15 is 0 Å². The van der Waals surface area contributed by atoms with Crippen molar-refractivity contribution in [2.75, 3.05) is 5.32 Å². The lowest BCUT2D eigenvalue weighted by atomic mass is 10.2. The molecule has 128 valence electrons. The van der Waals surface area contributed by atoms with Crippen molar-refractivity contribution in [3.05, 3.63) is 71.7 Å². The molecule has 0 aromatic heterocycles. The van der Waals surface area contributed by atoms with Gasteiger partial charge in [0.2, 0.25) is 5.39 Å². The number of anilines is 2. The molecule has 0 aliphatic heterocycles. The number of nitrogens with zero attached hydrogens (tertiary/aromatic N) is 5. The van der Waals surface area contributed by atoms with E-state index in [1.165, 1.54) is 24.3 Å². The average Bonchev–Trinajstić information content (AvgIpc) is 2.54. The van der Waals surface area contributed by atoms with Gasteiger partial charge in [0.15, 0.2) is 10.7 Å². The second-order valence-electron chi connectivity index (χ2n) is 4.40. The van der Waals surface area contributed by atoms with E-state index in [2.05, 4.69) is 10.3 Å². The molecule has 0 radical (unpaired) electrons. The van der Waals surface area contributed by atoms with Crippen LogP contribution in [-0.2, 0) is 0 Å². The Morgan fingerprint density at radius 2 is 1.36 bits per heavy atom. The first-order valence-electron chi connectivity index (χ1n) is 6.17. The average molecular weight is 367 g/mol. The highest BCUT2D eigenvalue weighted by atomic mass is 35.5. The summed E-state index contributed by atoms with van der Waals surface area (Å²) in [5.74, 6) is 0. The molecule has 0 aliphatic rings. The van der Waals surface area contributed by atoms with Crippen LogP contribution < -0.4 is 17.7 Å². The molecule has 25 heavy (non-hydrogen) atoms. The number of nitro benzene ring substituents is 3. The fraction of sp³-hybridized carbons (Fsp3) is 0. The van der Waals surface area contributed by atoms with Crippen LogP contribution in [-0.4, -0.2) is 14.8 Å². The van der Waals surface area contributed by atoms with Crippen LogP contribution in [0.25, 0.3) is 4.98 Å². The number of diazo groups is 1. The number of hydrogen-bond donors (Lipinski definition) is 1. The molecule has 0 saturated heterocycles. The maximum absolute atomic E-state index is 11.1. The summed E-state index contributed by atoms with van der Waals surface area (Å²) >= 11 is 0. The first-order chi connectivity index (χ1) is 11.3. The largest absolute Gasteiger partial charge is 1.00 e. The van der Waals surface area contributed by atoms with Gasteiger partial charge in [-0.05, 0) is 12.1 Å². The van der Waals surface area contributed by atoms with Crippen molar-refractivity contribution in [2.45, 2.75) is 0 Å². The first-order valence-corrected chi connectivity index (χ1v) is 6.17. The highest BCUT2D eigenvalue weighted by Crippen LogP contribution is 2.40. The molecular weight excluding hydrogens is 360 g/mol. The van der Waals surface area contributed by atoms with Crippen LogP contribution in [0.5, 0.6) is 0 Å². The lowest BCUT2D eigenvalue weighted by molar-refractivity contribution is -0.401. The van der Waals surface area contributed by atoms with Crippen molar-refractivity contribution in [1.82, 2.24) is 0 Å². The van der Waals surface area contributed by atoms with Crippen LogP contribution in [0.4, 0.5) is 34.1 Å². The number of nitrogens with one attached hydrogen (secondary N) is 1. The lowest BCUT2D eigenvalue weighted by Crippen LogP contribution is -3.00. The highest BCUT2D eigenvalue weighted by Gasteiger charge is 2.30. The SMILES string of the molecule is N#[N+]c1ccc(Nc2c([N+](=O)[O-])cc([N+](=O)[O-])cc2[N+](=O)[O-])cc1.[Cl-]. The number of hydrogen-bond acceptors (Lipinski definition) is 8. The Kier molecular flexibility index (Phi) is 5.85. The van der Waals surface area contributed by atoms with Crippen LogP contribution in [0.3, 0.4) is 0 Å². The van der Waals surface area contributed by atoms with Gasteiger partial charge >= 0.3 is 17.1 Å². The summed E-state index contributed by atoms with van der Waals surface area (Å²) in [6.45, 7) is 0. The molecule has 13 heteroatoms. The minimum absolute atomic E-state index is 0. The molecule has 0 aliphatic carbocycles. The number of non-ortho nitro benzene ring substituents is 1. The molecule has 0 amide bonds. The van der Waals surface area contributed by atoms with Crippen molar-refractivity contribution < 1.29 is 27.2 Å². The van der Waals surface area contributed by atoms with Gasteiger partial charge < -0.3 is 17.7 Å². The van der Waals surface area contributed by atoms with Crippen LogP contribution in [0.15, 0.2) is 36.4 Å². The second kappa shape index (κ2) is 7.62. The quantitative estimate of drug-likeness (QED) is 0.456. The van der Waals surface area contributed by atoms with Crippen molar-refractivity contribution in [3.8, 4) is 0 Å². The van der Waals surface area contributed by atoms with Gasteiger partial charge in [0.1, 0.15) is 0 Å². The third-order valence-electron chi connectivity index (χ3n) is 2.94. The molecule has 0 fully saturated rings. The fourth-order valence-corrected chi connectivity index (χ4v) is 1.87. The van der Waals surface area contributed by atoms with E-state index in [-0.39, 0.29) is 23.8 Å². The van der Waals surface area contributed by atoms with Crippen molar-refractivity contribution in [1.29, 1.82) is 5.39 Å². The Morgan fingerprint density at radius 1 is 0.880 bits per heavy atom. The smallest absolute Gasteiger partial charge is 0.385 e. The molecule has 1 N–H and O–H groups in total. The van der Waals surface area contributed by atoms with E-state index < -0.39 is 37.5 Å². The Balaban J connectivity index is 0.00000312. The second-order valence-corrected chi connectivity index (χ2v) is 4.40. The number of nitro groups is 3. The Hall–Kier alpha value is -3.85. The van der Waals surface area contributed by atoms with Crippen molar-refractivity contribution in [2.24, 2.45) is 0 Å². The zero-order valence-electron chi connectivity index (χ0n) is 12.0. The molecule has 2 aromatic carbocycles. The van der Waals surface area contributed by atoms with Gasteiger partial charge in [-0.3, -0.25) is 30.3 Å². The molecule has 0 spiro atoms. The number of halogens is 1. The van der Waals surface area contributed by atoms with E-state index in [1.54, 1.807) is 0 Å². The van der Waals surface area contributed by atoms with Gasteiger partial charge in [0, 0.05) is 17.8 Å². The molecule has 0 unspecified atom stereocenters. The Morgan fingerprint density at radius 3 is 1.72 bits per heavy atom. The summed E-state index contributed by atoms with van der Waals surface area (Å²) in [5.41, 5.74) is -2.47. The zero-order chi connectivity index (χ0) is 17.9. The van der Waals surface area contributed by atoms with Crippen molar-refractivity contribution in [3.63, 3.8) is 0 Å². The number of benzene rings is 2. The predicted octanol–water partition coefficient (Wildman–Crippen LogP) is 0.643. The van der Waals surface area contributed by atoms with E-state index in [0.29, 0.717) is 12.1 Å². The standard InChI is InChI=1S/C12H7N6O6.ClH/c13-15-8-3-1-7(2-4-8)14-12-10(17(21)22)5-9(16(19)20)6-11(12)18(23)24;/h1-6,14H;1H/q+1;/p-1. The maximum Gasteiger partial charge on any atom is 0.385 e. The minimum Gasteiger partial charge on any atom is -1.00 e. The van der Waals surface area contributed by atoms with Crippen molar-refractivity contribution >= 4 is 34.1 Å². The van der Waals surface area contributed by atoms with E-state index in [9.17, 15) is 30.3 Å². The third kappa shape index (κ3) is 4.12. The van der Waals surface area contributed by atoms with Gasteiger partial charge in [-0.1, -0.05) is 0 Å². The molecule has 0 atom stereocenters. The Labute approximate surface area is 144 Å². The van der Waals surface area contributed by atoms with Gasteiger partial charge in [-0.25, -0.2) is 0 Å². The molecule has 2 aromatic rings. The molecule has 0 saturated carbocycles. The van der Waals surface area contributed by atoms with Crippen LogP contribution >= 0.6 is 0 Å². The molecule has 0 heterocycles. The summed E-state index contributed by atoms with van der Waals surface area (Å²) in [7, 11) is 0. The molecule has 0 bridgehead atoms. The normalized spacial score (nSPS) is 9.40. The third-order valence-corrected chi connectivity index (χ3v) is 2.94. The molecule has 2 rings (SSSR count). The monoisotopic (exact) mass is 366 g/mol. The lowest BCUT2D eigenvalue weighted by Gasteiger charge is -2.07. The first kappa shape index (κ1) is 19.2. The Bertz CT molecular complexity index is 859.